The van der Waals surface area contributed by atoms with Crippen LogP contribution in [0.25, 0.3) is 22.3 Å². The van der Waals surface area contributed by atoms with Crippen molar-refractivity contribution in [3.8, 4) is 11.4 Å². The summed E-state index contributed by atoms with van der Waals surface area (Å²) in [6, 6.07) is 12.3. The molecular weight excluding hydrogens is 290 g/mol. The zero-order valence-electron chi connectivity index (χ0n) is 9.65. The minimum absolute atomic E-state index is 0.521. The minimum atomic E-state index is 0.521. The quantitative estimate of drug-likeness (QED) is 0.762. The Morgan fingerprint density at radius 2 is 2.06 bits per heavy atom. The Balaban J connectivity index is 2.07. The van der Waals surface area contributed by atoms with E-state index in [1.807, 2.05) is 24.4 Å². The van der Waals surface area contributed by atoms with E-state index in [0.29, 0.717) is 6.54 Å². The van der Waals surface area contributed by atoms with E-state index in [1.165, 1.54) is 5.39 Å². The Labute approximate surface area is 113 Å². The van der Waals surface area contributed by atoms with Crippen molar-refractivity contribution in [1.82, 2.24) is 9.97 Å². The fraction of sp³-hybridized carbons (Fsp3) is 0.0714. The molecule has 2 heterocycles. The number of nitrogens with two attached hydrogens (primary N) is 1. The topological polar surface area (TPSA) is 54.7 Å². The van der Waals surface area contributed by atoms with Gasteiger partial charge in [-0.1, -0.05) is 28.1 Å². The molecule has 0 bridgehead atoms. The number of nitrogens with zero attached hydrogens (tertiary/aromatic N) is 1. The molecule has 0 aliphatic carbocycles. The predicted octanol–water partition coefficient (Wildman–Crippen LogP) is 3.45. The predicted molar refractivity (Wildman–Crippen MR) is 77.1 cm³/mol. The third kappa shape index (κ3) is 2.05. The van der Waals surface area contributed by atoms with Gasteiger partial charge in [0.1, 0.15) is 0 Å². The van der Waals surface area contributed by atoms with Crippen LogP contribution >= 0.6 is 15.9 Å². The number of H-pyrrole nitrogens is 1. The van der Waals surface area contributed by atoms with Gasteiger partial charge in [-0.15, -0.1) is 0 Å². The number of pyridine rings is 1. The Morgan fingerprint density at radius 3 is 2.78 bits per heavy atom. The maximum atomic E-state index is 5.56. The van der Waals surface area contributed by atoms with E-state index in [9.17, 15) is 0 Å². The molecule has 0 aliphatic heterocycles. The molecule has 4 heteroatoms. The number of halogens is 1. The summed E-state index contributed by atoms with van der Waals surface area (Å²) in [4.78, 5) is 7.78. The lowest BCUT2D eigenvalue weighted by atomic mass is 10.2. The van der Waals surface area contributed by atoms with Gasteiger partial charge >= 0.3 is 0 Å². The van der Waals surface area contributed by atoms with Gasteiger partial charge in [0.15, 0.2) is 0 Å². The molecule has 3 N–H and O–H groups in total. The second-order valence-corrected chi connectivity index (χ2v) is 5.09. The van der Waals surface area contributed by atoms with E-state index >= 15 is 0 Å². The molecule has 0 saturated carbocycles. The summed E-state index contributed by atoms with van der Waals surface area (Å²) in [6.45, 7) is 0.521. The lowest BCUT2D eigenvalue weighted by Gasteiger charge is -1.98. The van der Waals surface area contributed by atoms with Crippen molar-refractivity contribution in [2.45, 2.75) is 6.54 Å². The smallest absolute Gasteiger partial charge is 0.0864 e. The van der Waals surface area contributed by atoms with Crippen molar-refractivity contribution < 1.29 is 0 Å². The van der Waals surface area contributed by atoms with E-state index in [2.05, 4.69) is 44.1 Å². The van der Waals surface area contributed by atoms with Crippen molar-refractivity contribution >= 4 is 26.8 Å². The maximum absolute atomic E-state index is 5.56. The molecule has 0 unspecified atom stereocenters. The first-order chi connectivity index (χ1) is 8.76. The minimum Gasteiger partial charge on any atom is -0.353 e. The summed E-state index contributed by atoms with van der Waals surface area (Å²) in [5.41, 5.74) is 9.65. The molecule has 0 spiro atoms. The average molecular weight is 302 g/mol. The van der Waals surface area contributed by atoms with Crippen LogP contribution in [0.1, 0.15) is 5.56 Å². The van der Waals surface area contributed by atoms with Crippen LogP contribution in [0.3, 0.4) is 0 Å². The maximum Gasteiger partial charge on any atom is 0.0864 e. The number of rotatable bonds is 2. The Morgan fingerprint density at radius 1 is 1.17 bits per heavy atom. The second kappa shape index (κ2) is 4.55. The van der Waals surface area contributed by atoms with E-state index in [-0.39, 0.29) is 0 Å². The lowest BCUT2D eigenvalue weighted by molar-refractivity contribution is 1.05. The summed E-state index contributed by atoms with van der Waals surface area (Å²) in [6.07, 6.45) is 1.82. The first-order valence-electron chi connectivity index (χ1n) is 5.70. The Bertz CT molecular complexity index is 686. The number of aromatic nitrogens is 2. The molecule has 3 aromatic rings. The van der Waals surface area contributed by atoms with Crippen LogP contribution in [0.5, 0.6) is 0 Å². The summed E-state index contributed by atoms with van der Waals surface area (Å²) in [5, 5.41) is 1.18. The molecule has 3 nitrogen and oxygen atoms in total. The Hall–Kier alpha value is -1.65. The molecule has 0 radical (unpaired) electrons. The first-order valence-corrected chi connectivity index (χ1v) is 6.49. The van der Waals surface area contributed by atoms with Gasteiger partial charge in [-0.2, -0.15) is 0 Å². The largest absolute Gasteiger partial charge is 0.353 e. The van der Waals surface area contributed by atoms with E-state index < -0.39 is 0 Å². The van der Waals surface area contributed by atoms with Crippen LogP contribution in [0.2, 0.25) is 0 Å². The average Bonchev–Trinajstić information content (AvgIpc) is 2.81. The van der Waals surface area contributed by atoms with Gasteiger partial charge in [0, 0.05) is 28.1 Å². The summed E-state index contributed by atoms with van der Waals surface area (Å²) >= 11 is 3.47. The van der Waals surface area contributed by atoms with Gasteiger partial charge in [0.25, 0.3) is 0 Å². The van der Waals surface area contributed by atoms with Gasteiger partial charge in [-0.05, 0) is 29.8 Å². The van der Waals surface area contributed by atoms with Gasteiger partial charge < -0.3 is 10.7 Å². The number of hydrogen-bond donors (Lipinski definition) is 2. The van der Waals surface area contributed by atoms with Crippen molar-refractivity contribution in [3.05, 3.63) is 52.6 Å². The fourth-order valence-corrected chi connectivity index (χ4v) is 2.30. The molecule has 1 aromatic carbocycles. The first kappa shape index (κ1) is 11.4. The monoisotopic (exact) mass is 301 g/mol. The fourth-order valence-electron chi connectivity index (χ4n) is 1.94. The molecule has 0 saturated heterocycles. The third-order valence-corrected chi connectivity index (χ3v) is 3.41. The normalized spacial score (nSPS) is 11.0. The molecule has 18 heavy (non-hydrogen) atoms. The number of aromatic amines is 1. The lowest BCUT2D eigenvalue weighted by Crippen LogP contribution is -1.96. The van der Waals surface area contributed by atoms with Crippen LogP contribution in [0.4, 0.5) is 0 Å². The summed E-state index contributed by atoms with van der Waals surface area (Å²) < 4.78 is 1.06. The molecule has 0 fully saturated rings. The standard InChI is InChI=1S/C14H12BrN3/c15-11-3-2-10-5-14(18-13(10)6-11)12-4-1-9(7-16)8-17-12/h1-6,8,18H,7,16H2. The molecule has 0 amide bonds. The number of fused-ring (bicyclic) bond motifs is 1. The van der Waals surface area contributed by atoms with Gasteiger partial charge in [0.2, 0.25) is 0 Å². The van der Waals surface area contributed by atoms with Crippen LogP contribution in [-0.4, -0.2) is 9.97 Å². The zero-order valence-corrected chi connectivity index (χ0v) is 11.2. The summed E-state index contributed by atoms with van der Waals surface area (Å²) in [5.74, 6) is 0. The van der Waals surface area contributed by atoms with Crippen LogP contribution < -0.4 is 5.73 Å². The zero-order chi connectivity index (χ0) is 12.5. The molecule has 2 aromatic heterocycles. The highest BCUT2D eigenvalue weighted by Gasteiger charge is 2.04. The number of nitrogens with one attached hydrogen (secondary N) is 1. The highest BCUT2D eigenvalue weighted by molar-refractivity contribution is 9.10. The number of hydrogen-bond acceptors (Lipinski definition) is 2. The molecular formula is C14H12BrN3. The van der Waals surface area contributed by atoms with E-state index in [1.54, 1.807) is 0 Å². The van der Waals surface area contributed by atoms with Crippen LogP contribution in [0.15, 0.2) is 47.1 Å². The van der Waals surface area contributed by atoms with Crippen molar-refractivity contribution in [2.75, 3.05) is 0 Å². The van der Waals surface area contributed by atoms with Crippen molar-refractivity contribution in [1.29, 1.82) is 0 Å². The summed E-state index contributed by atoms with van der Waals surface area (Å²) in [7, 11) is 0. The molecule has 3 rings (SSSR count). The van der Waals surface area contributed by atoms with E-state index in [0.717, 1.165) is 26.9 Å². The highest BCUT2D eigenvalue weighted by Crippen LogP contribution is 2.25. The van der Waals surface area contributed by atoms with Crippen LogP contribution in [-0.2, 0) is 6.54 Å². The van der Waals surface area contributed by atoms with E-state index in [4.69, 9.17) is 5.73 Å². The van der Waals surface area contributed by atoms with Crippen molar-refractivity contribution in [3.63, 3.8) is 0 Å². The highest BCUT2D eigenvalue weighted by atomic mass is 79.9. The SMILES string of the molecule is NCc1ccc(-c2cc3ccc(Br)cc3[nH]2)nc1. The third-order valence-electron chi connectivity index (χ3n) is 2.92. The van der Waals surface area contributed by atoms with Gasteiger partial charge in [0.05, 0.1) is 11.4 Å². The number of benzene rings is 1. The molecule has 0 atom stereocenters. The second-order valence-electron chi connectivity index (χ2n) is 4.17. The van der Waals surface area contributed by atoms with Gasteiger partial charge in [-0.25, -0.2) is 0 Å². The molecule has 0 aliphatic rings. The molecule has 90 valence electrons. The van der Waals surface area contributed by atoms with Gasteiger partial charge in [-0.3, -0.25) is 4.98 Å². The Kier molecular flexibility index (Phi) is 2.89. The van der Waals surface area contributed by atoms with Crippen LogP contribution in [0, 0.1) is 0 Å². The van der Waals surface area contributed by atoms with Crippen molar-refractivity contribution in [2.24, 2.45) is 5.73 Å².